The van der Waals surface area contributed by atoms with Gasteiger partial charge in [-0.1, -0.05) is 20.3 Å². The Morgan fingerprint density at radius 3 is 2.21 bits per heavy atom. The maximum Gasteiger partial charge on any atom is 0.0107 e. The van der Waals surface area contributed by atoms with Crippen molar-refractivity contribution in [2.75, 3.05) is 19.6 Å². The lowest BCUT2D eigenvalue weighted by Crippen LogP contribution is -2.40. The first-order valence-corrected chi connectivity index (χ1v) is 6.25. The van der Waals surface area contributed by atoms with Crippen molar-refractivity contribution in [3.05, 3.63) is 0 Å². The molecule has 0 heterocycles. The molecule has 2 heteroatoms. The molecule has 0 spiro atoms. The predicted octanol–water partition coefficient (Wildman–Crippen LogP) is 2.24. The van der Waals surface area contributed by atoms with Crippen molar-refractivity contribution < 1.29 is 0 Å². The number of likely N-dealkylation sites (N-methyl/N-ethyl adjacent to an activating group) is 1. The highest BCUT2D eigenvalue weighted by atomic mass is 15.2. The summed E-state index contributed by atoms with van der Waals surface area (Å²) < 4.78 is 0. The van der Waals surface area contributed by atoms with Crippen LogP contribution in [0, 0.1) is 5.92 Å². The maximum atomic E-state index is 5.62. The molecule has 1 aliphatic carbocycles. The van der Waals surface area contributed by atoms with Crippen molar-refractivity contribution in [2.45, 2.75) is 52.0 Å². The summed E-state index contributed by atoms with van der Waals surface area (Å²) in [5, 5.41) is 0. The Hall–Kier alpha value is -0.0800. The molecule has 1 aliphatic rings. The Kier molecular flexibility index (Phi) is 5.49. The summed E-state index contributed by atoms with van der Waals surface area (Å²) in [6, 6.07) is 0.825. The van der Waals surface area contributed by atoms with Crippen LogP contribution < -0.4 is 5.73 Å². The highest BCUT2D eigenvalue weighted by Crippen LogP contribution is 2.29. The molecule has 1 fully saturated rings. The normalized spacial score (nSPS) is 28.3. The third-order valence-corrected chi connectivity index (χ3v) is 3.73. The highest BCUT2D eigenvalue weighted by Gasteiger charge is 2.23. The Morgan fingerprint density at radius 2 is 1.79 bits per heavy atom. The summed E-state index contributed by atoms with van der Waals surface area (Å²) >= 11 is 0. The summed E-state index contributed by atoms with van der Waals surface area (Å²) in [6.45, 7) is 7.63. The van der Waals surface area contributed by atoms with Gasteiger partial charge >= 0.3 is 0 Å². The van der Waals surface area contributed by atoms with Crippen molar-refractivity contribution in [2.24, 2.45) is 11.7 Å². The molecule has 0 amide bonds. The molecule has 84 valence electrons. The van der Waals surface area contributed by atoms with Gasteiger partial charge in [0.25, 0.3) is 0 Å². The summed E-state index contributed by atoms with van der Waals surface area (Å²) in [6.07, 6.45) is 7.03. The highest BCUT2D eigenvalue weighted by molar-refractivity contribution is 4.78. The van der Waals surface area contributed by atoms with E-state index in [1.165, 1.54) is 38.6 Å². The van der Waals surface area contributed by atoms with Crippen LogP contribution in [0.3, 0.4) is 0 Å². The molecule has 2 nitrogen and oxygen atoms in total. The van der Waals surface area contributed by atoms with E-state index in [1.54, 1.807) is 0 Å². The maximum absolute atomic E-state index is 5.62. The quantitative estimate of drug-likeness (QED) is 0.734. The molecule has 2 N–H and O–H groups in total. The van der Waals surface area contributed by atoms with Crippen molar-refractivity contribution in [3.63, 3.8) is 0 Å². The van der Waals surface area contributed by atoms with Gasteiger partial charge in [-0.2, -0.15) is 0 Å². The van der Waals surface area contributed by atoms with Gasteiger partial charge in [-0.3, -0.25) is 4.90 Å². The van der Waals surface area contributed by atoms with Crippen LogP contribution in [-0.4, -0.2) is 30.6 Å². The van der Waals surface area contributed by atoms with Gasteiger partial charge in [0.1, 0.15) is 0 Å². The van der Waals surface area contributed by atoms with E-state index < -0.39 is 0 Å². The number of rotatable bonds is 5. The Labute approximate surface area is 88.8 Å². The van der Waals surface area contributed by atoms with Gasteiger partial charge in [-0.05, 0) is 38.1 Å². The monoisotopic (exact) mass is 198 g/mol. The lowest BCUT2D eigenvalue weighted by Gasteiger charge is -2.36. The molecule has 0 aromatic carbocycles. The van der Waals surface area contributed by atoms with Crippen LogP contribution in [0.1, 0.15) is 46.0 Å². The molecular formula is C12H26N2. The number of nitrogens with two attached hydrogens (primary N) is 1. The second-order valence-corrected chi connectivity index (χ2v) is 4.50. The number of hydrogen-bond donors (Lipinski definition) is 1. The summed E-state index contributed by atoms with van der Waals surface area (Å²) in [5.41, 5.74) is 5.62. The van der Waals surface area contributed by atoms with Crippen molar-refractivity contribution in [1.82, 2.24) is 4.90 Å². The summed E-state index contributed by atoms with van der Waals surface area (Å²) in [7, 11) is 0. The van der Waals surface area contributed by atoms with E-state index in [9.17, 15) is 0 Å². The standard InChI is InChI=1S/C12H26N2/c1-3-11-5-7-12(8-6-11)14(4-2)10-9-13/h11-12H,3-10,13H2,1-2H3. The van der Waals surface area contributed by atoms with Crippen LogP contribution in [0.25, 0.3) is 0 Å². The lowest BCUT2D eigenvalue weighted by atomic mass is 9.84. The van der Waals surface area contributed by atoms with Crippen molar-refractivity contribution in [1.29, 1.82) is 0 Å². The van der Waals surface area contributed by atoms with Gasteiger partial charge < -0.3 is 5.73 Å². The molecule has 0 atom stereocenters. The van der Waals surface area contributed by atoms with Crippen LogP contribution >= 0.6 is 0 Å². The fraction of sp³-hybridized carbons (Fsp3) is 1.00. The fourth-order valence-electron chi connectivity index (χ4n) is 2.68. The molecule has 0 unspecified atom stereocenters. The zero-order valence-electron chi connectivity index (χ0n) is 9.84. The molecule has 14 heavy (non-hydrogen) atoms. The summed E-state index contributed by atoms with van der Waals surface area (Å²) in [4.78, 5) is 2.56. The van der Waals surface area contributed by atoms with Crippen LogP contribution in [-0.2, 0) is 0 Å². The van der Waals surface area contributed by atoms with Gasteiger partial charge in [0.05, 0.1) is 0 Å². The Balaban J connectivity index is 2.31. The molecule has 0 radical (unpaired) electrons. The molecule has 0 aromatic rings. The molecule has 1 saturated carbocycles. The third-order valence-electron chi connectivity index (χ3n) is 3.73. The van der Waals surface area contributed by atoms with E-state index in [0.717, 1.165) is 25.0 Å². The smallest absolute Gasteiger partial charge is 0.0107 e. The SMILES string of the molecule is CCC1CCC(N(CC)CCN)CC1. The third kappa shape index (κ3) is 3.25. The van der Waals surface area contributed by atoms with Gasteiger partial charge in [-0.25, -0.2) is 0 Å². The Bertz CT molecular complexity index is 139. The molecule has 1 rings (SSSR count). The summed E-state index contributed by atoms with van der Waals surface area (Å²) in [5.74, 6) is 1.00. The molecule has 0 aromatic heterocycles. The molecular weight excluding hydrogens is 172 g/mol. The van der Waals surface area contributed by atoms with Gasteiger partial charge in [0.15, 0.2) is 0 Å². The van der Waals surface area contributed by atoms with Crippen molar-refractivity contribution in [3.8, 4) is 0 Å². The van der Waals surface area contributed by atoms with E-state index in [4.69, 9.17) is 5.73 Å². The second-order valence-electron chi connectivity index (χ2n) is 4.50. The van der Waals surface area contributed by atoms with Crippen molar-refractivity contribution >= 4 is 0 Å². The van der Waals surface area contributed by atoms with Gasteiger partial charge in [0, 0.05) is 19.1 Å². The van der Waals surface area contributed by atoms with E-state index >= 15 is 0 Å². The first kappa shape index (κ1) is 12.0. The largest absolute Gasteiger partial charge is 0.329 e. The van der Waals surface area contributed by atoms with Gasteiger partial charge in [0.2, 0.25) is 0 Å². The number of hydrogen-bond acceptors (Lipinski definition) is 2. The topological polar surface area (TPSA) is 29.3 Å². The van der Waals surface area contributed by atoms with E-state index in [2.05, 4.69) is 18.7 Å². The first-order chi connectivity index (χ1) is 6.81. The van der Waals surface area contributed by atoms with Crippen LogP contribution in [0.5, 0.6) is 0 Å². The molecule has 0 saturated heterocycles. The minimum atomic E-state index is 0.807. The fourth-order valence-corrected chi connectivity index (χ4v) is 2.68. The van der Waals surface area contributed by atoms with Crippen LogP contribution in [0.2, 0.25) is 0 Å². The predicted molar refractivity (Wildman–Crippen MR) is 62.3 cm³/mol. The van der Waals surface area contributed by atoms with Crippen LogP contribution in [0.15, 0.2) is 0 Å². The average molecular weight is 198 g/mol. The Morgan fingerprint density at radius 1 is 1.14 bits per heavy atom. The minimum absolute atomic E-state index is 0.807. The second kappa shape index (κ2) is 6.41. The van der Waals surface area contributed by atoms with E-state index in [0.29, 0.717) is 0 Å². The van der Waals surface area contributed by atoms with E-state index in [1.807, 2.05) is 0 Å². The van der Waals surface area contributed by atoms with E-state index in [-0.39, 0.29) is 0 Å². The lowest BCUT2D eigenvalue weighted by molar-refractivity contribution is 0.144. The average Bonchev–Trinajstić information content (AvgIpc) is 2.26. The van der Waals surface area contributed by atoms with Crippen LogP contribution in [0.4, 0.5) is 0 Å². The molecule has 0 bridgehead atoms. The van der Waals surface area contributed by atoms with Gasteiger partial charge in [-0.15, -0.1) is 0 Å². The molecule has 0 aliphatic heterocycles. The zero-order chi connectivity index (χ0) is 10.4. The zero-order valence-corrected chi connectivity index (χ0v) is 9.84. The first-order valence-electron chi connectivity index (χ1n) is 6.25. The number of nitrogens with zero attached hydrogens (tertiary/aromatic N) is 1. The minimum Gasteiger partial charge on any atom is -0.329 e.